The van der Waals surface area contributed by atoms with Gasteiger partial charge in [0.05, 0.1) is 10.7 Å². The van der Waals surface area contributed by atoms with Crippen molar-refractivity contribution in [1.29, 1.82) is 0 Å². The molecule has 0 aliphatic heterocycles. The van der Waals surface area contributed by atoms with Gasteiger partial charge in [0.15, 0.2) is 5.11 Å². The minimum absolute atomic E-state index is 0.249. The largest absolute Gasteiger partial charge is 0.358 e. The van der Waals surface area contributed by atoms with E-state index in [9.17, 15) is 4.39 Å². The number of hydrogen-bond donors (Lipinski definition) is 2. The Bertz CT molecular complexity index is 633. The Balaban J connectivity index is 1.97. The summed E-state index contributed by atoms with van der Waals surface area (Å²) in [7, 11) is 0. The lowest BCUT2D eigenvalue weighted by Crippen LogP contribution is -2.28. The standard InChI is InChI=1S/C16H16ClFN2S/c1-10-7-11(2)15(14(17)8-10)20-16(21)19-9-12-3-5-13(18)6-4-12/h3-8H,9H2,1-2H3,(H2,19,20,21). The van der Waals surface area contributed by atoms with Crippen molar-refractivity contribution in [2.24, 2.45) is 0 Å². The highest BCUT2D eigenvalue weighted by molar-refractivity contribution is 7.80. The topological polar surface area (TPSA) is 24.1 Å². The molecule has 0 heterocycles. The average molecular weight is 323 g/mol. The molecule has 2 aromatic rings. The van der Waals surface area contributed by atoms with Crippen LogP contribution in [0.5, 0.6) is 0 Å². The second-order valence-electron chi connectivity index (χ2n) is 4.87. The molecule has 2 aromatic carbocycles. The molecule has 0 amide bonds. The maximum atomic E-state index is 12.8. The molecule has 21 heavy (non-hydrogen) atoms. The van der Waals surface area contributed by atoms with E-state index in [1.807, 2.05) is 26.0 Å². The second-order valence-corrected chi connectivity index (χ2v) is 5.69. The first-order valence-corrected chi connectivity index (χ1v) is 7.30. The summed E-state index contributed by atoms with van der Waals surface area (Å²) >= 11 is 11.5. The first kappa shape index (κ1) is 15.7. The van der Waals surface area contributed by atoms with Crippen LogP contribution in [0.15, 0.2) is 36.4 Å². The molecule has 110 valence electrons. The molecule has 0 saturated carbocycles. The van der Waals surface area contributed by atoms with E-state index in [0.29, 0.717) is 16.7 Å². The van der Waals surface area contributed by atoms with Crippen molar-refractivity contribution in [2.45, 2.75) is 20.4 Å². The minimum Gasteiger partial charge on any atom is -0.358 e. The van der Waals surface area contributed by atoms with Crippen molar-refractivity contribution in [3.05, 3.63) is 63.9 Å². The molecule has 2 N–H and O–H groups in total. The monoisotopic (exact) mass is 322 g/mol. The lowest BCUT2D eigenvalue weighted by molar-refractivity contribution is 0.627. The van der Waals surface area contributed by atoms with E-state index in [1.165, 1.54) is 12.1 Å². The van der Waals surface area contributed by atoms with Crippen LogP contribution >= 0.6 is 23.8 Å². The predicted molar refractivity (Wildman–Crippen MR) is 90.4 cm³/mol. The van der Waals surface area contributed by atoms with Gasteiger partial charge in [-0.2, -0.15) is 0 Å². The lowest BCUT2D eigenvalue weighted by Gasteiger charge is -2.14. The van der Waals surface area contributed by atoms with Gasteiger partial charge in [-0.15, -0.1) is 0 Å². The summed E-state index contributed by atoms with van der Waals surface area (Å²) in [5.41, 5.74) is 3.89. The van der Waals surface area contributed by atoms with Crippen molar-refractivity contribution >= 4 is 34.6 Å². The van der Waals surface area contributed by atoms with Crippen molar-refractivity contribution in [3.8, 4) is 0 Å². The van der Waals surface area contributed by atoms with Gasteiger partial charge in [0.2, 0.25) is 0 Å². The molecular weight excluding hydrogens is 307 g/mol. The zero-order valence-corrected chi connectivity index (χ0v) is 13.4. The van der Waals surface area contributed by atoms with Gasteiger partial charge >= 0.3 is 0 Å². The van der Waals surface area contributed by atoms with Gasteiger partial charge in [0.1, 0.15) is 5.82 Å². The summed E-state index contributed by atoms with van der Waals surface area (Å²) in [5.74, 6) is -0.249. The summed E-state index contributed by atoms with van der Waals surface area (Å²) in [6.45, 7) is 4.49. The fourth-order valence-corrected chi connectivity index (χ4v) is 2.56. The van der Waals surface area contributed by atoms with Gasteiger partial charge in [0, 0.05) is 6.54 Å². The Hall–Kier alpha value is -1.65. The van der Waals surface area contributed by atoms with E-state index >= 15 is 0 Å². The number of aryl methyl sites for hydroxylation is 2. The Morgan fingerprint density at radius 2 is 1.86 bits per heavy atom. The van der Waals surface area contributed by atoms with Gasteiger partial charge in [-0.1, -0.05) is 29.8 Å². The summed E-state index contributed by atoms with van der Waals surface area (Å²) in [5, 5.41) is 7.29. The average Bonchev–Trinajstić information content (AvgIpc) is 2.42. The van der Waals surface area contributed by atoms with Gasteiger partial charge < -0.3 is 10.6 Å². The third-order valence-corrected chi connectivity index (χ3v) is 3.58. The molecule has 0 spiro atoms. The van der Waals surface area contributed by atoms with Crippen molar-refractivity contribution in [1.82, 2.24) is 5.32 Å². The van der Waals surface area contributed by atoms with Crippen LogP contribution in [0.1, 0.15) is 16.7 Å². The fraction of sp³-hybridized carbons (Fsp3) is 0.188. The van der Waals surface area contributed by atoms with E-state index in [1.54, 1.807) is 12.1 Å². The number of halogens is 2. The van der Waals surface area contributed by atoms with E-state index < -0.39 is 0 Å². The number of thiocarbonyl (C=S) groups is 1. The summed E-state index contributed by atoms with van der Waals surface area (Å²) < 4.78 is 12.8. The Morgan fingerprint density at radius 1 is 1.19 bits per heavy atom. The zero-order chi connectivity index (χ0) is 15.4. The van der Waals surface area contributed by atoms with Gasteiger partial charge in [-0.3, -0.25) is 0 Å². The van der Waals surface area contributed by atoms with Crippen LogP contribution < -0.4 is 10.6 Å². The molecule has 0 fully saturated rings. The van der Waals surface area contributed by atoms with E-state index in [0.717, 1.165) is 22.4 Å². The molecule has 0 unspecified atom stereocenters. The smallest absolute Gasteiger partial charge is 0.171 e. The van der Waals surface area contributed by atoms with Gasteiger partial charge in [0.25, 0.3) is 0 Å². The molecule has 2 rings (SSSR count). The molecule has 0 saturated heterocycles. The highest BCUT2D eigenvalue weighted by Gasteiger charge is 2.07. The number of benzene rings is 2. The first-order chi connectivity index (χ1) is 9.95. The van der Waals surface area contributed by atoms with Crippen LogP contribution in [-0.2, 0) is 6.54 Å². The van der Waals surface area contributed by atoms with Gasteiger partial charge in [-0.25, -0.2) is 4.39 Å². The number of nitrogens with one attached hydrogen (secondary N) is 2. The van der Waals surface area contributed by atoms with Gasteiger partial charge in [-0.05, 0) is 61.0 Å². The molecule has 2 nitrogen and oxygen atoms in total. The molecule has 0 aromatic heterocycles. The highest BCUT2D eigenvalue weighted by atomic mass is 35.5. The Morgan fingerprint density at radius 3 is 2.48 bits per heavy atom. The van der Waals surface area contributed by atoms with Crippen LogP contribution in [0.3, 0.4) is 0 Å². The molecule has 0 aliphatic rings. The summed E-state index contributed by atoms with van der Waals surface area (Å²) in [4.78, 5) is 0. The Labute approximate surface area is 134 Å². The molecule has 5 heteroatoms. The molecule has 0 atom stereocenters. The van der Waals surface area contributed by atoms with E-state index in [4.69, 9.17) is 23.8 Å². The van der Waals surface area contributed by atoms with E-state index in [2.05, 4.69) is 10.6 Å². The quantitative estimate of drug-likeness (QED) is 0.809. The number of rotatable bonds is 3. The van der Waals surface area contributed by atoms with Crippen molar-refractivity contribution in [3.63, 3.8) is 0 Å². The number of hydrogen-bond acceptors (Lipinski definition) is 1. The normalized spacial score (nSPS) is 10.3. The van der Waals surface area contributed by atoms with Crippen LogP contribution in [0.4, 0.5) is 10.1 Å². The number of anilines is 1. The lowest BCUT2D eigenvalue weighted by atomic mass is 10.1. The SMILES string of the molecule is Cc1cc(C)c(NC(=S)NCc2ccc(F)cc2)c(Cl)c1. The van der Waals surface area contributed by atoms with Crippen LogP contribution in [0, 0.1) is 19.7 Å². The van der Waals surface area contributed by atoms with Crippen molar-refractivity contribution in [2.75, 3.05) is 5.32 Å². The predicted octanol–water partition coefficient (Wildman–Crippen LogP) is 4.58. The first-order valence-electron chi connectivity index (χ1n) is 6.52. The van der Waals surface area contributed by atoms with Crippen LogP contribution in [-0.4, -0.2) is 5.11 Å². The Kier molecular flexibility index (Phi) is 5.15. The highest BCUT2D eigenvalue weighted by Crippen LogP contribution is 2.27. The summed E-state index contributed by atoms with van der Waals surface area (Å²) in [6, 6.07) is 10.2. The zero-order valence-electron chi connectivity index (χ0n) is 11.8. The maximum Gasteiger partial charge on any atom is 0.171 e. The maximum absolute atomic E-state index is 12.8. The molecule has 0 radical (unpaired) electrons. The third kappa shape index (κ3) is 4.41. The molecule has 0 aliphatic carbocycles. The van der Waals surface area contributed by atoms with Crippen molar-refractivity contribution < 1.29 is 4.39 Å². The third-order valence-electron chi connectivity index (χ3n) is 3.04. The second kappa shape index (κ2) is 6.87. The molecular formula is C16H16ClFN2S. The van der Waals surface area contributed by atoms with E-state index in [-0.39, 0.29) is 5.82 Å². The minimum atomic E-state index is -0.249. The fourth-order valence-electron chi connectivity index (χ4n) is 2.02. The molecule has 0 bridgehead atoms. The van der Waals surface area contributed by atoms with Crippen LogP contribution in [0.2, 0.25) is 5.02 Å². The summed E-state index contributed by atoms with van der Waals surface area (Å²) in [6.07, 6.45) is 0. The van der Waals surface area contributed by atoms with Crippen LogP contribution in [0.25, 0.3) is 0 Å².